The van der Waals surface area contributed by atoms with Gasteiger partial charge in [0, 0.05) is 43.9 Å². The van der Waals surface area contributed by atoms with Gasteiger partial charge < -0.3 is 19.9 Å². The second kappa shape index (κ2) is 14.9. The van der Waals surface area contributed by atoms with Crippen molar-refractivity contribution in [1.29, 1.82) is 0 Å². The number of thioether (sulfide) groups is 1. The van der Waals surface area contributed by atoms with E-state index < -0.39 is 40.8 Å². The molecule has 5 rings (SSSR count). The van der Waals surface area contributed by atoms with Crippen LogP contribution >= 0.6 is 24.0 Å². The lowest BCUT2D eigenvalue weighted by Gasteiger charge is -2.26. The molecule has 2 fully saturated rings. The smallest absolute Gasteiger partial charge is 0.338 e. The zero-order chi connectivity index (χ0) is 32.8. The Kier molecular flexibility index (Phi) is 10.7. The van der Waals surface area contributed by atoms with E-state index in [1.54, 1.807) is 24.3 Å². The Hall–Kier alpha value is -4.24. The molecular formula is C32H28F3N3O6S2. The number of nitrogens with zero attached hydrogens (tertiary/aromatic N) is 2. The maximum atomic E-state index is 14.2. The van der Waals surface area contributed by atoms with E-state index in [1.165, 1.54) is 17.0 Å². The number of hydrogen-bond acceptors (Lipinski definition) is 8. The monoisotopic (exact) mass is 671 g/mol. The Morgan fingerprint density at radius 3 is 2.50 bits per heavy atom. The van der Waals surface area contributed by atoms with E-state index in [-0.39, 0.29) is 23.0 Å². The Morgan fingerprint density at radius 1 is 1.00 bits per heavy atom. The van der Waals surface area contributed by atoms with E-state index in [9.17, 15) is 27.6 Å². The van der Waals surface area contributed by atoms with Crippen LogP contribution in [0.4, 0.5) is 18.9 Å². The summed E-state index contributed by atoms with van der Waals surface area (Å²) < 4.78 is 53.5. The molecule has 3 aromatic rings. The van der Waals surface area contributed by atoms with Crippen LogP contribution in [0.1, 0.15) is 22.3 Å². The molecule has 0 bridgehead atoms. The second-order valence-electron chi connectivity index (χ2n) is 10.3. The van der Waals surface area contributed by atoms with Crippen molar-refractivity contribution < 1.29 is 42.1 Å². The topological polar surface area (TPSA) is 108 Å². The minimum absolute atomic E-state index is 0.0421. The fourth-order valence-electron chi connectivity index (χ4n) is 4.81. The quantitative estimate of drug-likeness (QED) is 0.204. The molecule has 9 nitrogen and oxygen atoms in total. The Labute approximate surface area is 272 Å². The summed E-state index contributed by atoms with van der Waals surface area (Å²) in [6, 6.07) is 11.9. The highest BCUT2D eigenvalue weighted by Crippen LogP contribution is 2.36. The van der Waals surface area contributed by atoms with Crippen LogP contribution in [0.3, 0.4) is 0 Å². The maximum Gasteiger partial charge on any atom is 0.338 e. The lowest BCUT2D eigenvalue weighted by atomic mass is 10.0. The van der Waals surface area contributed by atoms with E-state index in [1.807, 2.05) is 0 Å². The number of halogens is 3. The van der Waals surface area contributed by atoms with Crippen molar-refractivity contribution in [2.45, 2.75) is 6.42 Å². The normalized spacial score (nSPS) is 16.2. The first kappa shape index (κ1) is 33.1. The Morgan fingerprint density at radius 2 is 1.78 bits per heavy atom. The van der Waals surface area contributed by atoms with Crippen LogP contribution in [0.5, 0.6) is 5.75 Å². The van der Waals surface area contributed by atoms with Gasteiger partial charge in [0.05, 0.1) is 23.7 Å². The molecule has 0 saturated carbocycles. The summed E-state index contributed by atoms with van der Waals surface area (Å²) >= 11 is 6.43. The lowest BCUT2D eigenvalue weighted by molar-refractivity contribution is -0.122. The molecule has 14 heteroatoms. The standard InChI is InChI=1S/C32H28F3N3O6S2/c33-24-5-2-20(17-26(24)35)23-15-19(1-6-27(23)44-14-11-37-9-12-43-13-10-37)16-28-30(40)38(32(45)46-28)8-7-29(39)36-21-3-4-22(31(41)42)25(34)18-21/h1-6,15-18H,7-14H2,(H,36,39)(H,41,42). The summed E-state index contributed by atoms with van der Waals surface area (Å²) in [7, 11) is 0. The molecule has 0 radical (unpaired) electrons. The summed E-state index contributed by atoms with van der Waals surface area (Å²) in [5, 5.41) is 11.4. The predicted octanol–water partition coefficient (Wildman–Crippen LogP) is 5.41. The fraction of sp³-hybridized carbons (Fsp3) is 0.250. The van der Waals surface area contributed by atoms with Gasteiger partial charge in [-0.25, -0.2) is 18.0 Å². The number of ether oxygens (including phenoxy) is 2. The van der Waals surface area contributed by atoms with Crippen LogP contribution in [0, 0.1) is 17.5 Å². The lowest BCUT2D eigenvalue weighted by Crippen LogP contribution is -2.38. The Bertz CT molecular complexity index is 1710. The van der Waals surface area contributed by atoms with Crippen LogP contribution in [-0.4, -0.2) is 83.0 Å². The highest BCUT2D eigenvalue weighted by Gasteiger charge is 2.32. The van der Waals surface area contributed by atoms with Crippen LogP contribution in [0.15, 0.2) is 59.5 Å². The van der Waals surface area contributed by atoms with E-state index in [4.69, 9.17) is 26.8 Å². The van der Waals surface area contributed by atoms with Crippen LogP contribution in [0.2, 0.25) is 0 Å². The van der Waals surface area contributed by atoms with E-state index in [0.29, 0.717) is 53.7 Å². The number of amides is 2. The summed E-state index contributed by atoms with van der Waals surface area (Å²) in [6.07, 6.45) is 1.46. The number of carbonyl (C=O) groups is 3. The average Bonchev–Trinajstić information content (AvgIpc) is 3.29. The molecule has 2 aliphatic rings. The number of thiocarbonyl (C=S) groups is 1. The molecule has 2 N–H and O–H groups in total. The van der Waals surface area contributed by atoms with Crippen molar-refractivity contribution in [3.05, 3.63) is 88.1 Å². The van der Waals surface area contributed by atoms with Gasteiger partial charge in [-0.3, -0.25) is 19.4 Å². The number of nitrogens with one attached hydrogen (secondary N) is 1. The van der Waals surface area contributed by atoms with E-state index >= 15 is 0 Å². The molecule has 3 aromatic carbocycles. The summed E-state index contributed by atoms with van der Waals surface area (Å²) in [6.45, 7) is 3.88. The molecule has 0 aromatic heterocycles. The number of rotatable bonds is 11. The number of carboxylic acids is 1. The van der Waals surface area contributed by atoms with Gasteiger partial charge in [-0.2, -0.15) is 0 Å². The minimum atomic E-state index is -1.43. The van der Waals surface area contributed by atoms with Crippen molar-refractivity contribution in [3.8, 4) is 16.9 Å². The van der Waals surface area contributed by atoms with E-state index in [2.05, 4.69) is 10.2 Å². The molecule has 46 heavy (non-hydrogen) atoms. The van der Waals surface area contributed by atoms with Crippen LogP contribution in [0.25, 0.3) is 17.2 Å². The highest BCUT2D eigenvalue weighted by molar-refractivity contribution is 8.26. The van der Waals surface area contributed by atoms with E-state index in [0.717, 1.165) is 49.1 Å². The molecule has 0 spiro atoms. The molecule has 0 aliphatic carbocycles. The third-order valence-corrected chi connectivity index (χ3v) is 8.60. The maximum absolute atomic E-state index is 14.2. The number of hydrogen-bond donors (Lipinski definition) is 2. The number of carboxylic acid groups (broad SMARTS) is 1. The second-order valence-corrected chi connectivity index (χ2v) is 12.0. The molecule has 2 saturated heterocycles. The Balaban J connectivity index is 1.27. The first-order chi connectivity index (χ1) is 22.1. The molecule has 2 aliphatic heterocycles. The van der Waals surface area contributed by atoms with Crippen molar-refractivity contribution in [3.63, 3.8) is 0 Å². The third kappa shape index (κ3) is 8.12. The SMILES string of the molecule is O=C(CCN1C(=O)C(=Cc2ccc(OCCN3CCOCC3)c(-c3ccc(F)c(F)c3)c2)SC1=S)Nc1ccc(C(=O)O)c(F)c1. The van der Waals surface area contributed by atoms with Crippen molar-refractivity contribution >= 4 is 57.8 Å². The molecule has 2 heterocycles. The third-order valence-electron chi connectivity index (χ3n) is 7.22. The number of carbonyl (C=O) groups excluding carboxylic acids is 2. The van der Waals surface area contributed by atoms with Gasteiger partial charge in [-0.15, -0.1) is 0 Å². The number of morpholine rings is 1. The zero-order valence-corrected chi connectivity index (χ0v) is 25.9. The van der Waals surface area contributed by atoms with Gasteiger partial charge in [0.15, 0.2) is 11.6 Å². The molecule has 0 unspecified atom stereocenters. The molecule has 2 amide bonds. The average molecular weight is 672 g/mol. The number of anilines is 1. The van der Waals surface area contributed by atoms with Crippen molar-refractivity contribution in [2.24, 2.45) is 0 Å². The highest BCUT2D eigenvalue weighted by atomic mass is 32.2. The molecular weight excluding hydrogens is 643 g/mol. The van der Waals surface area contributed by atoms with Gasteiger partial charge in [0.2, 0.25) is 5.91 Å². The van der Waals surface area contributed by atoms with Gasteiger partial charge in [0.25, 0.3) is 5.91 Å². The largest absolute Gasteiger partial charge is 0.492 e. The predicted molar refractivity (Wildman–Crippen MR) is 171 cm³/mol. The molecule has 240 valence electrons. The first-order valence-electron chi connectivity index (χ1n) is 14.2. The van der Waals surface area contributed by atoms with Gasteiger partial charge in [0.1, 0.15) is 22.5 Å². The number of benzene rings is 3. The van der Waals surface area contributed by atoms with Crippen molar-refractivity contribution in [1.82, 2.24) is 9.80 Å². The minimum Gasteiger partial charge on any atom is -0.492 e. The van der Waals surface area contributed by atoms with Crippen LogP contribution < -0.4 is 10.1 Å². The summed E-state index contributed by atoms with van der Waals surface area (Å²) in [5.41, 5.74) is 1.04. The van der Waals surface area contributed by atoms with Gasteiger partial charge in [-0.05, 0) is 59.7 Å². The fourth-order valence-corrected chi connectivity index (χ4v) is 6.12. The first-order valence-corrected chi connectivity index (χ1v) is 15.4. The van der Waals surface area contributed by atoms with Gasteiger partial charge in [-0.1, -0.05) is 36.1 Å². The van der Waals surface area contributed by atoms with Crippen LogP contribution in [-0.2, 0) is 14.3 Å². The zero-order valence-electron chi connectivity index (χ0n) is 24.3. The summed E-state index contributed by atoms with van der Waals surface area (Å²) in [5.74, 6) is -4.88. The number of aromatic carboxylic acids is 1. The summed E-state index contributed by atoms with van der Waals surface area (Å²) in [4.78, 5) is 40.5. The van der Waals surface area contributed by atoms with Crippen molar-refractivity contribution in [2.75, 3.05) is 51.3 Å². The van der Waals surface area contributed by atoms with Gasteiger partial charge >= 0.3 is 5.97 Å². The molecule has 0 atom stereocenters.